The van der Waals surface area contributed by atoms with E-state index in [9.17, 15) is 28.8 Å². The Balaban J connectivity index is 3.58. The van der Waals surface area contributed by atoms with Crippen LogP contribution in [-0.4, -0.2) is 79.9 Å². The summed E-state index contributed by atoms with van der Waals surface area (Å²) in [7, 11) is 1.08. The molecule has 1 amide bonds. The molecule has 0 aliphatic carbocycles. The van der Waals surface area contributed by atoms with Gasteiger partial charge in [0.25, 0.3) is 0 Å². The molecule has 0 aromatic carbocycles. The number of methoxy groups -OCH3 is 1. The molecule has 1 rings (SSSR count). The number of hydrogen-bond donors (Lipinski definition) is 1. The second kappa shape index (κ2) is 12.4. The first-order chi connectivity index (χ1) is 15.3. The van der Waals surface area contributed by atoms with Gasteiger partial charge in [-0.15, -0.1) is 0 Å². The van der Waals surface area contributed by atoms with Crippen LogP contribution in [0.5, 0.6) is 0 Å². The summed E-state index contributed by atoms with van der Waals surface area (Å²) in [6.07, 6.45) is -4.52. The van der Waals surface area contributed by atoms with E-state index in [4.69, 9.17) is 23.7 Å². The molecule has 184 valence electrons. The first kappa shape index (κ1) is 27.4. The highest BCUT2D eigenvalue weighted by Gasteiger charge is 2.49. The number of carbonyl (C=O) groups is 6. The van der Waals surface area contributed by atoms with Crippen LogP contribution in [0.3, 0.4) is 0 Å². The van der Waals surface area contributed by atoms with E-state index >= 15 is 0 Å². The third-order valence-electron chi connectivity index (χ3n) is 4.11. The number of hydrogen-bond acceptors (Lipinski definition) is 12. The molecule has 0 aromatic rings. The third kappa shape index (κ3) is 8.79. The maximum atomic E-state index is 12.2. The van der Waals surface area contributed by atoms with Crippen LogP contribution >= 0.6 is 0 Å². The minimum Gasteiger partial charge on any atom is -0.477 e. The molecule has 1 aliphatic rings. The van der Waals surface area contributed by atoms with Crippen molar-refractivity contribution in [3.05, 3.63) is 11.8 Å². The molecule has 33 heavy (non-hydrogen) atoms. The van der Waals surface area contributed by atoms with E-state index in [1.165, 1.54) is 6.92 Å². The average Bonchev–Trinajstić information content (AvgIpc) is 2.68. The van der Waals surface area contributed by atoms with Crippen molar-refractivity contribution in [3.8, 4) is 0 Å². The van der Waals surface area contributed by atoms with E-state index in [2.05, 4.69) is 10.1 Å². The normalized spacial score (nSPS) is 21.2. The monoisotopic (exact) mass is 473 g/mol. The molecule has 0 saturated carbocycles. The van der Waals surface area contributed by atoms with Gasteiger partial charge in [0.2, 0.25) is 11.7 Å². The van der Waals surface area contributed by atoms with Gasteiger partial charge in [-0.1, -0.05) is 0 Å². The van der Waals surface area contributed by atoms with Gasteiger partial charge in [-0.3, -0.25) is 24.0 Å². The van der Waals surface area contributed by atoms with Gasteiger partial charge >= 0.3 is 29.8 Å². The van der Waals surface area contributed by atoms with Gasteiger partial charge in [0.05, 0.1) is 7.11 Å². The zero-order valence-corrected chi connectivity index (χ0v) is 19.1. The molecular formula is C20H27NO12. The van der Waals surface area contributed by atoms with Gasteiger partial charge in [0, 0.05) is 40.7 Å². The summed E-state index contributed by atoms with van der Waals surface area (Å²) >= 11 is 0. The topological polar surface area (TPSA) is 170 Å². The molecule has 5 atom stereocenters. The third-order valence-corrected chi connectivity index (χ3v) is 4.11. The lowest BCUT2D eigenvalue weighted by atomic mass is 9.93. The standard InChI is InChI=1S/C20H27NO12/c1-9(22)21-17-14(30-11(3)24)7-15(20(27)28-6)33-19(17)18(32-13(5)26)16(31-12(4)25)8-29-10(2)23/h7,14,16-19H,8H2,1-6H3,(H,21,22)/t14?,16-,17?,18-,19-/m1/s1. The average molecular weight is 473 g/mol. The molecule has 1 heterocycles. The number of carbonyl (C=O) groups excluding carboxylic acids is 6. The van der Waals surface area contributed by atoms with Gasteiger partial charge < -0.3 is 33.7 Å². The number of esters is 5. The summed E-state index contributed by atoms with van der Waals surface area (Å²) in [6, 6.07) is -1.21. The predicted molar refractivity (Wildman–Crippen MR) is 106 cm³/mol. The first-order valence-electron chi connectivity index (χ1n) is 9.74. The summed E-state index contributed by atoms with van der Waals surface area (Å²) in [5, 5.41) is 2.51. The van der Waals surface area contributed by atoms with Gasteiger partial charge in [0.15, 0.2) is 18.3 Å². The van der Waals surface area contributed by atoms with Crippen molar-refractivity contribution in [1.29, 1.82) is 0 Å². The quantitative estimate of drug-likeness (QED) is 0.331. The Hall–Kier alpha value is -3.64. The summed E-state index contributed by atoms with van der Waals surface area (Å²) in [5.74, 6) is -5.07. The lowest BCUT2D eigenvalue weighted by Gasteiger charge is -2.41. The number of ether oxygens (including phenoxy) is 6. The van der Waals surface area contributed by atoms with Crippen LogP contribution in [0.15, 0.2) is 11.8 Å². The fraction of sp³-hybridized carbons (Fsp3) is 0.600. The molecule has 0 fully saturated rings. The Morgan fingerprint density at radius 3 is 2.00 bits per heavy atom. The Labute approximate surface area is 189 Å². The second-order valence-corrected chi connectivity index (χ2v) is 6.93. The van der Waals surface area contributed by atoms with Crippen molar-refractivity contribution in [2.45, 2.75) is 65.1 Å². The molecule has 0 saturated heterocycles. The molecule has 0 spiro atoms. The minimum atomic E-state index is -1.52. The second-order valence-electron chi connectivity index (χ2n) is 6.93. The summed E-state index contributed by atoms with van der Waals surface area (Å²) < 4.78 is 30.9. The van der Waals surface area contributed by atoms with Crippen LogP contribution in [0.2, 0.25) is 0 Å². The van der Waals surface area contributed by atoms with E-state index in [0.717, 1.165) is 40.9 Å². The zero-order chi connectivity index (χ0) is 25.3. The smallest absolute Gasteiger partial charge is 0.373 e. The molecular weight excluding hydrogens is 446 g/mol. The highest BCUT2D eigenvalue weighted by molar-refractivity contribution is 5.86. The highest BCUT2D eigenvalue weighted by Crippen LogP contribution is 2.28. The Bertz CT molecular complexity index is 820. The molecule has 2 unspecified atom stereocenters. The van der Waals surface area contributed by atoms with E-state index in [1.807, 2.05) is 0 Å². The van der Waals surface area contributed by atoms with E-state index in [-0.39, 0.29) is 0 Å². The van der Waals surface area contributed by atoms with Crippen LogP contribution in [0, 0.1) is 0 Å². The molecule has 13 heteroatoms. The van der Waals surface area contributed by atoms with Crippen molar-refractivity contribution in [2.75, 3.05) is 13.7 Å². The van der Waals surface area contributed by atoms with Crippen LogP contribution in [0.25, 0.3) is 0 Å². The minimum absolute atomic E-state index is 0.415. The molecule has 0 bridgehead atoms. The van der Waals surface area contributed by atoms with Crippen molar-refractivity contribution in [1.82, 2.24) is 5.32 Å². The Morgan fingerprint density at radius 1 is 0.939 bits per heavy atom. The van der Waals surface area contributed by atoms with Crippen LogP contribution in [0.1, 0.15) is 34.6 Å². The van der Waals surface area contributed by atoms with Gasteiger partial charge in [-0.05, 0) is 0 Å². The number of rotatable bonds is 9. The van der Waals surface area contributed by atoms with Gasteiger partial charge in [-0.2, -0.15) is 0 Å². The van der Waals surface area contributed by atoms with E-state index < -0.39 is 78.6 Å². The lowest BCUT2D eigenvalue weighted by molar-refractivity contribution is -0.191. The van der Waals surface area contributed by atoms with Crippen molar-refractivity contribution >= 4 is 35.8 Å². The van der Waals surface area contributed by atoms with Crippen LogP contribution in [-0.2, 0) is 57.2 Å². The summed E-state index contributed by atoms with van der Waals surface area (Å²) in [4.78, 5) is 70.6. The maximum absolute atomic E-state index is 12.2. The fourth-order valence-electron chi connectivity index (χ4n) is 3.04. The predicted octanol–water partition coefficient (Wildman–Crippen LogP) is -0.695. The van der Waals surface area contributed by atoms with Crippen molar-refractivity contribution in [2.24, 2.45) is 0 Å². The number of amides is 1. The molecule has 13 nitrogen and oxygen atoms in total. The highest BCUT2D eigenvalue weighted by atomic mass is 16.6. The zero-order valence-electron chi connectivity index (χ0n) is 19.1. The molecule has 0 aromatic heterocycles. The van der Waals surface area contributed by atoms with Crippen molar-refractivity contribution in [3.63, 3.8) is 0 Å². The lowest BCUT2D eigenvalue weighted by Crippen LogP contribution is -2.62. The van der Waals surface area contributed by atoms with Gasteiger partial charge in [0.1, 0.15) is 18.8 Å². The first-order valence-corrected chi connectivity index (χ1v) is 9.74. The van der Waals surface area contributed by atoms with E-state index in [0.29, 0.717) is 0 Å². The van der Waals surface area contributed by atoms with E-state index in [1.54, 1.807) is 0 Å². The van der Waals surface area contributed by atoms with Crippen LogP contribution < -0.4 is 5.32 Å². The summed E-state index contributed by atoms with van der Waals surface area (Å²) in [5.41, 5.74) is 0. The van der Waals surface area contributed by atoms with Crippen LogP contribution in [0.4, 0.5) is 0 Å². The Kier molecular flexibility index (Phi) is 10.3. The molecule has 1 N–H and O–H groups in total. The SMILES string of the molecule is COC(=O)C1=CC(OC(C)=O)C(NC(C)=O)[C@H]([C@H](OC(C)=O)[C@@H](COC(C)=O)OC(C)=O)O1. The largest absolute Gasteiger partial charge is 0.477 e. The van der Waals surface area contributed by atoms with Crippen molar-refractivity contribution < 1.29 is 57.2 Å². The number of nitrogens with one attached hydrogen (secondary N) is 1. The molecule has 1 aliphatic heterocycles. The van der Waals surface area contributed by atoms with Gasteiger partial charge in [-0.25, -0.2) is 4.79 Å². The fourth-order valence-corrected chi connectivity index (χ4v) is 3.04. The summed E-state index contributed by atoms with van der Waals surface area (Å²) in [6.45, 7) is 4.96. The molecule has 0 radical (unpaired) electrons. The Morgan fingerprint density at radius 2 is 1.55 bits per heavy atom. The maximum Gasteiger partial charge on any atom is 0.373 e.